The monoisotopic (exact) mass is 1850 g/mol. The summed E-state index contributed by atoms with van der Waals surface area (Å²) in [4.78, 5) is 56.4. The van der Waals surface area contributed by atoms with Crippen LogP contribution < -0.4 is 23.7 Å². The zero-order valence-corrected chi connectivity index (χ0v) is 74.8. The van der Waals surface area contributed by atoms with Crippen LogP contribution in [0.5, 0.6) is 28.7 Å². The number of aromatic hydroxyl groups is 1. The van der Waals surface area contributed by atoms with Crippen molar-refractivity contribution in [1.82, 2.24) is 25.6 Å². The number of carbonyl (C=O) groups excluding carboxylic acids is 4. The molecule has 0 aliphatic carbocycles. The van der Waals surface area contributed by atoms with Gasteiger partial charge in [-0.25, -0.2) is 38.4 Å². The molecule has 0 radical (unpaired) electrons. The fourth-order valence-electron chi connectivity index (χ4n) is 12.9. The number of nitrogens with one attached hydrogen (secondary N) is 1. The standard InChI is InChI=1S/C21H17ClN2O5S2.C20H19ClN2O5S2.C20H20ClNO5S2.C19H16ClNO6S2/c1-11-6-14-15(28-10-27-14)7-13(11)8-18-21(20-17(30-18)4-3-5-23-20)31(25,26)9-16-19(22)12(2)24-29-16;1-10-7-11(2)14(15(8-10)13(4)24)9-16(25)19-17(5-6-29-19)30(26,27)23-20-18(21)12(3)22-28-20;1-10-7-11(2)19(24)12(3)14(10)8-15(23)20-17(5-6-28-20)29(25,26)9-16-18(21)13(4)22-27-16;1-10-5-14-15(26-9-25-14)7-12(10)6-13(22)19-17(3-4-28-19)29(23,24)8-16-18(20)11(2)21-27-16/h3-7H,8-10H2,1-2H3;5-8,23H,9H2,1-4H3;5-7,24H,8-9H2,1-4H3;3-5,7H,6,8-9H2,1-2H3. The Morgan fingerprint density at radius 3 is 1.41 bits per heavy atom. The van der Waals surface area contributed by atoms with E-state index >= 15 is 0 Å². The molecule has 0 saturated carbocycles. The number of phenols is 1. The first-order valence-corrected chi connectivity index (χ1v) is 47.0. The predicted molar refractivity (Wildman–Crippen MR) is 451 cm³/mol. The summed E-state index contributed by atoms with van der Waals surface area (Å²) in [5.74, 6) is 0.222. The second-order valence-corrected chi connectivity index (χ2v) is 40.6. The van der Waals surface area contributed by atoms with E-state index in [1.807, 2.05) is 71.0 Å². The van der Waals surface area contributed by atoms with Crippen LogP contribution in [0.3, 0.4) is 0 Å². The molecule has 39 heteroatoms. The summed E-state index contributed by atoms with van der Waals surface area (Å²) in [6.07, 6.45) is 1.97. The Kier molecular flexibility index (Phi) is 26.8. The highest BCUT2D eigenvalue weighted by Gasteiger charge is 2.35. The fraction of sp³-hybridized carbons (Fsp3) is 0.263. The minimum absolute atomic E-state index is 0.00326. The summed E-state index contributed by atoms with van der Waals surface area (Å²) in [7, 11) is -15.6. The summed E-state index contributed by atoms with van der Waals surface area (Å²) in [6.45, 7) is 21.2. The van der Waals surface area contributed by atoms with Gasteiger partial charge in [-0.05, 0) is 216 Å². The van der Waals surface area contributed by atoms with E-state index in [4.69, 9.17) is 83.4 Å². The molecule has 4 aromatic carbocycles. The van der Waals surface area contributed by atoms with Crippen LogP contribution in [0.1, 0.15) is 152 Å². The minimum Gasteiger partial charge on any atom is -0.507 e. The molecule has 13 aromatic rings. The van der Waals surface area contributed by atoms with Gasteiger partial charge in [0, 0.05) is 42.3 Å². The molecule has 0 saturated heterocycles. The first kappa shape index (κ1) is 88.7. The Balaban J connectivity index is 0.000000146. The number of sulfone groups is 3. The molecule has 0 bridgehead atoms. The SMILES string of the molecule is CC(=O)c1cc(C)cc(C)c1CC(=O)c1sccc1S(=O)(=O)Nc1onc(C)c1Cl.Cc1cc(C)c(CC(=O)c2sccc2S(=O)(=O)Cc2onc(C)c2Cl)c(C)c1O.Cc1cc2c(cc1CC(=O)c1sccc1S(=O)(=O)Cc1onc(C)c1Cl)OCO2.Cc1cc2c(cc1Cc1sc3cccnc3c1S(=O)(=O)Cc1onc(C)c1Cl)OCO2. The Morgan fingerprint density at radius 1 is 0.487 bits per heavy atom. The fourth-order valence-corrected chi connectivity index (χ4v) is 24.8. The van der Waals surface area contributed by atoms with Crippen molar-refractivity contribution in [1.29, 1.82) is 0 Å². The number of phenolic OH excluding ortho intramolecular Hbond substituents is 1. The summed E-state index contributed by atoms with van der Waals surface area (Å²) in [5.41, 5.74) is 11.3. The van der Waals surface area contributed by atoms with Crippen molar-refractivity contribution >= 4 is 171 Å². The topological polar surface area (TPSA) is 391 Å². The van der Waals surface area contributed by atoms with Gasteiger partial charge in [-0.3, -0.25) is 24.2 Å². The number of thiophene rings is 4. The highest BCUT2D eigenvalue weighted by atomic mass is 35.5. The van der Waals surface area contributed by atoms with E-state index in [1.165, 1.54) is 41.8 Å². The van der Waals surface area contributed by atoms with Gasteiger partial charge >= 0.3 is 0 Å². The van der Waals surface area contributed by atoms with Crippen molar-refractivity contribution in [3.63, 3.8) is 0 Å². The minimum atomic E-state index is -4.14. The molecule has 27 nitrogen and oxygen atoms in total. The average Bonchev–Trinajstić information content (AvgIpc) is 1.62. The van der Waals surface area contributed by atoms with Gasteiger partial charge in [0.2, 0.25) is 13.6 Å². The van der Waals surface area contributed by atoms with Crippen LogP contribution in [0.25, 0.3) is 10.2 Å². The number of hydrogen-bond donors (Lipinski definition) is 2. The highest BCUT2D eigenvalue weighted by Crippen LogP contribution is 2.43. The van der Waals surface area contributed by atoms with E-state index < -0.39 is 56.8 Å². The van der Waals surface area contributed by atoms with E-state index in [2.05, 4.69) is 30.3 Å². The Hall–Kier alpha value is -9.63. The third kappa shape index (κ3) is 19.4. The number of halogens is 4. The van der Waals surface area contributed by atoms with Gasteiger partial charge in [-0.15, -0.1) is 45.3 Å². The van der Waals surface area contributed by atoms with Crippen molar-refractivity contribution in [3.8, 4) is 28.7 Å². The van der Waals surface area contributed by atoms with Gasteiger partial charge in [-0.2, -0.15) is 0 Å². The number of sulfonamides is 1. The lowest BCUT2D eigenvalue weighted by Crippen LogP contribution is -2.16. The number of aryl methyl sites for hydroxylation is 10. The van der Waals surface area contributed by atoms with Gasteiger partial charge in [0.15, 0.2) is 92.9 Å². The lowest BCUT2D eigenvalue weighted by Gasteiger charge is -2.13. The largest absolute Gasteiger partial charge is 0.507 e. The predicted octanol–water partition coefficient (Wildman–Crippen LogP) is 18.5. The zero-order chi connectivity index (χ0) is 86.2. The van der Waals surface area contributed by atoms with Gasteiger partial charge < -0.3 is 42.1 Å². The van der Waals surface area contributed by atoms with Crippen LogP contribution in [0.15, 0.2) is 133 Å². The highest BCUT2D eigenvalue weighted by molar-refractivity contribution is 7.93. The van der Waals surface area contributed by atoms with Gasteiger partial charge in [-0.1, -0.05) is 84.7 Å². The first-order chi connectivity index (χ1) is 56.1. The Labute approximate surface area is 719 Å². The number of ether oxygens (including phenoxy) is 4. The van der Waals surface area contributed by atoms with E-state index in [9.17, 15) is 58.0 Å². The summed E-state index contributed by atoms with van der Waals surface area (Å²) >= 11 is 28.8. The van der Waals surface area contributed by atoms with Crippen LogP contribution in [0, 0.1) is 76.2 Å². The molecule has 11 heterocycles. The molecule has 119 heavy (non-hydrogen) atoms. The van der Waals surface area contributed by atoms with Crippen molar-refractivity contribution in [2.24, 2.45) is 0 Å². The maximum atomic E-state index is 13.5. The lowest BCUT2D eigenvalue weighted by molar-refractivity contribution is 0.0982. The van der Waals surface area contributed by atoms with Crippen LogP contribution in [0.4, 0.5) is 5.88 Å². The van der Waals surface area contributed by atoms with Crippen LogP contribution in [-0.2, 0) is 82.5 Å². The molecule has 0 atom stereocenters. The van der Waals surface area contributed by atoms with E-state index in [0.717, 1.165) is 83.2 Å². The van der Waals surface area contributed by atoms with E-state index in [0.29, 0.717) is 84.8 Å². The number of fused-ring (bicyclic) bond motifs is 3. The number of ketones is 4. The molecule has 624 valence electrons. The molecule has 15 rings (SSSR count). The van der Waals surface area contributed by atoms with Crippen molar-refractivity contribution < 1.29 is 95.0 Å². The number of nitrogens with zero attached hydrogens (tertiary/aromatic N) is 5. The normalized spacial score (nSPS) is 12.4. The number of Topliss-reactive ketones (excluding diaryl/α,β-unsaturated/α-hetero) is 4. The van der Waals surface area contributed by atoms with Crippen LogP contribution in [-0.4, -0.2) is 101 Å². The van der Waals surface area contributed by atoms with Crippen molar-refractivity contribution in [2.45, 2.75) is 146 Å². The van der Waals surface area contributed by atoms with Crippen molar-refractivity contribution in [2.75, 3.05) is 18.3 Å². The lowest BCUT2D eigenvalue weighted by atomic mass is 9.93. The second kappa shape index (κ2) is 36.0. The third-order valence-corrected chi connectivity index (χ3v) is 31.9. The Morgan fingerprint density at radius 2 is 0.924 bits per heavy atom. The number of anilines is 1. The number of aromatic nitrogens is 5. The third-order valence-electron chi connectivity index (χ3n) is 19.1. The summed E-state index contributed by atoms with van der Waals surface area (Å²) in [5, 5.41) is 30.2. The summed E-state index contributed by atoms with van der Waals surface area (Å²) < 4.78 is 149. The van der Waals surface area contributed by atoms with Crippen molar-refractivity contribution in [3.05, 3.63) is 242 Å². The number of hydrogen-bond acceptors (Lipinski definition) is 30. The molecular weight excluding hydrogens is 1780 g/mol. The quantitative estimate of drug-likeness (QED) is 0.0531. The van der Waals surface area contributed by atoms with Gasteiger partial charge in [0.05, 0.1) is 51.7 Å². The molecule has 0 amide bonds. The van der Waals surface area contributed by atoms with Gasteiger partial charge in [0.25, 0.3) is 15.9 Å². The van der Waals surface area contributed by atoms with Gasteiger partial charge in [0.1, 0.15) is 58.6 Å². The molecule has 2 aliphatic rings. The number of carbonyl (C=O) groups is 4. The molecule has 0 fully saturated rings. The number of pyridine rings is 1. The molecular formula is C80H72Cl4N6O21S8. The molecule has 2 aliphatic heterocycles. The number of rotatable bonds is 24. The molecule has 9 aromatic heterocycles. The molecule has 0 unspecified atom stereocenters. The Bertz CT molecular complexity index is 6690. The first-order valence-electron chi connectivity index (χ1n) is 35.6. The smallest absolute Gasteiger partial charge is 0.265 e. The second-order valence-electron chi connectivity index (χ2n) is 27.7. The zero-order valence-electron chi connectivity index (χ0n) is 65.2. The van der Waals surface area contributed by atoms with Crippen LogP contribution >= 0.6 is 91.8 Å². The summed E-state index contributed by atoms with van der Waals surface area (Å²) in [6, 6.07) is 20.7. The molecule has 2 N–H and O–H groups in total. The maximum Gasteiger partial charge on any atom is 0.265 e. The van der Waals surface area contributed by atoms with E-state index in [-0.39, 0.29) is 139 Å². The van der Waals surface area contributed by atoms with Crippen LogP contribution in [0.2, 0.25) is 20.1 Å². The number of benzene rings is 4. The average molecular weight is 1850 g/mol. The maximum absolute atomic E-state index is 13.5. The van der Waals surface area contributed by atoms with E-state index in [1.54, 1.807) is 76.7 Å². The molecule has 0 spiro atoms.